The van der Waals surface area contributed by atoms with Crippen LogP contribution in [0.2, 0.25) is 0 Å². The molecule has 1 aromatic rings. The number of piperazine rings is 1. The van der Waals surface area contributed by atoms with E-state index in [0.717, 1.165) is 71.2 Å². The highest BCUT2D eigenvalue weighted by Gasteiger charge is 2.15. The van der Waals surface area contributed by atoms with Gasteiger partial charge < -0.3 is 10.0 Å². The van der Waals surface area contributed by atoms with E-state index in [-0.39, 0.29) is 6.61 Å². The van der Waals surface area contributed by atoms with E-state index >= 15 is 0 Å². The molecule has 0 unspecified atom stereocenters. The molecule has 0 radical (unpaired) electrons. The molecule has 0 bridgehead atoms. The highest BCUT2D eigenvalue weighted by molar-refractivity contribution is 5.46. The third kappa shape index (κ3) is 11.5. The maximum absolute atomic E-state index is 9.71. The lowest BCUT2D eigenvalue weighted by molar-refractivity contribution is 0.283. The highest BCUT2D eigenvalue weighted by atomic mass is 16.3. The Kier molecular flexibility index (Phi) is 12.9. The van der Waals surface area contributed by atoms with Gasteiger partial charge in [-0.25, -0.2) is 0 Å². The Bertz CT molecular complexity index is 792. The van der Waals surface area contributed by atoms with E-state index in [0.29, 0.717) is 0 Å². The zero-order chi connectivity index (χ0) is 23.9. The molecule has 33 heavy (non-hydrogen) atoms. The lowest BCUT2D eigenvalue weighted by Gasteiger charge is -2.35. The maximum atomic E-state index is 9.71. The summed E-state index contributed by atoms with van der Waals surface area (Å²) in [4.78, 5) is 5.03. The molecule has 0 spiro atoms. The van der Waals surface area contributed by atoms with Gasteiger partial charge in [-0.3, -0.25) is 4.90 Å². The van der Waals surface area contributed by atoms with Gasteiger partial charge >= 0.3 is 0 Å². The number of para-hydroxylation sites is 1. The molecule has 0 atom stereocenters. The Morgan fingerprint density at radius 1 is 0.758 bits per heavy atom. The summed E-state index contributed by atoms with van der Waals surface area (Å²) < 4.78 is 0. The fraction of sp³-hybridized carbons (Fsp3) is 0.533. The molecule has 1 aromatic carbocycles. The molecule has 3 nitrogen and oxygen atoms in total. The average Bonchev–Trinajstić information content (AvgIpc) is 2.82. The number of nitrogens with zero attached hydrogens (tertiary/aromatic N) is 2. The second-order valence-electron chi connectivity index (χ2n) is 9.64. The first-order chi connectivity index (χ1) is 16.0. The predicted molar refractivity (Wildman–Crippen MR) is 145 cm³/mol. The second-order valence-corrected chi connectivity index (χ2v) is 9.64. The normalized spacial score (nSPS) is 16.3. The molecule has 3 heteroatoms. The van der Waals surface area contributed by atoms with Gasteiger partial charge in [-0.15, -0.1) is 0 Å². The fourth-order valence-corrected chi connectivity index (χ4v) is 4.16. The molecule has 2 rings (SSSR count). The Morgan fingerprint density at radius 2 is 1.36 bits per heavy atom. The van der Waals surface area contributed by atoms with E-state index in [1.54, 1.807) is 0 Å². The van der Waals surface area contributed by atoms with Crippen molar-refractivity contribution in [3.63, 3.8) is 0 Å². The van der Waals surface area contributed by atoms with Gasteiger partial charge in [-0.1, -0.05) is 59.2 Å². The molecule has 0 aliphatic carbocycles. The van der Waals surface area contributed by atoms with Crippen LogP contribution in [0.3, 0.4) is 0 Å². The SMILES string of the molecule is CC(C)=CCCC(C)=CCCC(=CCCC(C)=CCN1CCN(c2ccccc2)CC1)CO. The van der Waals surface area contributed by atoms with Crippen LogP contribution in [0.4, 0.5) is 5.69 Å². The van der Waals surface area contributed by atoms with Crippen molar-refractivity contribution < 1.29 is 5.11 Å². The van der Waals surface area contributed by atoms with Crippen LogP contribution in [0.1, 0.15) is 66.2 Å². The molecule has 1 N–H and O–H groups in total. The van der Waals surface area contributed by atoms with Crippen molar-refractivity contribution in [2.24, 2.45) is 0 Å². The third-order valence-corrected chi connectivity index (χ3v) is 6.42. The standard InChI is InChI=1S/C30H46N2O/c1-26(2)11-8-12-27(3)13-9-15-29(25-33)16-10-14-28(4)19-20-31-21-23-32(24-22-31)30-17-6-5-7-18-30/h5-7,11,13,16-19,33H,8-10,12,14-15,20-25H2,1-4H3. The van der Waals surface area contributed by atoms with Crippen LogP contribution in [-0.4, -0.2) is 49.3 Å². The topological polar surface area (TPSA) is 26.7 Å². The third-order valence-electron chi connectivity index (χ3n) is 6.42. The van der Waals surface area contributed by atoms with Crippen molar-refractivity contribution in [3.05, 3.63) is 76.9 Å². The van der Waals surface area contributed by atoms with E-state index in [1.165, 1.54) is 28.0 Å². The average molecular weight is 451 g/mol. The molecule has 1 aliphatic heterocycles. The van der Waals surface area contributed by atoms with Crippen molar-refractivity contribution in [2.45, 2.75) is 66.2 Å². The van der Waals surface area contributed by atoms with Crippen molar-refractivity contribution in [3.8, 4) is 0 Å². The minimum absolute atomic E-state index is 0.180. The Hall–Kier alpha value is -2.10. The molecular weight excluding hydrogens is 404 g/mol. The first kappa shape index (κ1) is 27.1. The second kappa shape index (κ2) is 15.7. The van der Waals surface area contributed by atoms with E-state index in [1.807, 2.05) is 0 Å². The van der Waals surface area contributed by atoms with Crippen LogP contribution < -0.4 is 4.90 Å². The van der Waals surface area contributed by atoms with Crippen LogP contribution in [-0.2, 0) is 0 Å². The maximum Gasteiger partial charge on any atom is 0.0641 e. The number of hydrogen-bond donors (Lipinski definition) is 1. The summed E-state index contributed by atoms with van der Waals surface area (Å²) >= 11 is 0. The molecule has 0 saturated carbocycles. The quantitative estimate of drug-likeness (QED) is 0.330. The van der Waals surface area contributed by atoms with Crippen LogP contribution in [0.5, 0.6) is 0 Å². The van der Waals surface area contributed by atoms with E-state index < -0.39 is 0 Å². The van der Waals surface area contributed by atoms with E-state index in [2.05, 4.69) is 92.1 Å². The number of hydrogen-bond acceptors (Lipinski definition) is 3. The van der Waals surface area contributed by atoms with Crippen molar-refractivity contribution in [1.29, 1.82) is 0 Å². The molecular formula is C30H46N2O. The van der Waals surface area contributed by atoms with Gasteiger partial charge in [0.2, 0.25) is 0 Å². The monoisotopic (exact) mass is 450 g/mol. The summed E-state index contributed by atoms with van der Waals surface area (Å²) in [7, 11) is 0. The minimum Gasteiger partial charge on any atom is -0.392 e. The number of anilines is 1. The molecule has 0 aromatic heterocycles. The molecule has 1 heterocycles. The largest absolute Gasteiger partial charge is 0.392 e. The summed E-state index contributed by atoms with van der Waals surface area (Å²) in [5.41, 5.74) is 6.80. The van der Waals surface area contributed by atoms with Crippen LogP contribution in [0.15, 0.2) is 76.9 Å². The highest BCUT2D eigenvalue weighted by Crippen LogP contribution is 2.16. The Labute approximate surface area is 203 Å². The number of aliphatic hydroxyl groups is 1. The van der Waals surface area contributed by atoms with Crippen LogP contribution in [0.25, 0.3) is 0 Å². The summed E-state index contributed by atoms with van der Waals surface area (Å²) in [5.74, 6) is 0. The summed E-state index contributed by atoms with van der Waals surface area (Å²) in [6.07, 6.45) is 15.6. The van der Waals surface area contributed by atoms with Crippen molar-refractivity contribution >= 4 is 5.69 Å². The smallest absolute Gasteiger partial charge is 0.0641 e. The van der Waals surface area contributed by atoms with Gasteiger partial charge in [-0.05, 0) is 83.9 Å². The van der Waals surface area contributed by atoms with Gasteiger partial charge in [0, 0.05) is 38.4 Å². The molecule has 182 valence electrons. The molecule has 1 aliphatic rings. The van der Waals surface area contributed by atoms with Crippen LogP contribution >= 0.6 is 0 Å². The first-order valence-corrected chi connectivity index (χ1v) is 12.7. The zero-order valence-electron chi connectivity index (χ0n) is 21.5. The van der Waals surface area contributed by atoms with Crippen LogP contribution in [0, 0.1) is 0 Å². The van der Waals surface area contributed by atoms with Crippen molar-refractivity contribution in [2.75, 3.05) is 44.2 Å². The van der Waals surface area contributed by atoms with Gasteiger partial charge in [-0.2, -0.15) is 0 Å². The molecule has 1 fully saturated rings. The van der Waals surface area contributed by atoms with E-state index in [4.69, 9.17) is 0 Å². The minimum atomic E-state index is 0.180. The van der Waals surface area contributed by atoms with Crippen molar-refractivity contribution in [1.82, 2.24) is 4.90 Å². The zero-order valence-corrected chi connectivity index (χ0v) is 21.5. The lowest BCUT2D eigenvalue weighted by Crippen LogP contribution is -2.46. The van der Waals surface area contributed by atoms with Gasteiger partial charge in [0.15, 0.2) is 0 Å². The summed E-state index contributed by atoms with van der Waals surface area (Å²) in [6.45, 7) is 14.4. The van der Waals surface area contributed by atoms with Gasteiger partial charge in [0.05, 0.1) is 6.61 Å². The summed E-state index contributed by atoms with van der Waals surface area (Å²) in [5, 5.41) is 9.71. The number of benzene rings is 1. The lowest BCUT2D eigenvalue weighted by atomic mass is 10.0. The predicted octanol–water partition coefficient (Wildman–Crippen LogP) is 6.93. The number of rotatable bonds is 13. The Balaban J connectivity index is 1.65. The fourth-order valence-electron chi connectivity index (χ4n) is 4.16. The van der Waals surface area contributed by atoms with Gasteiger partial charge in [0.1, 0.15) is 0 Å². The Morgan fingerprint density at radius 3 is 2.00 bits per heavy atom. The molecule has 0 amide bonds. The number of allylic oxidation sites excluding steroid dienone is 6. The molecule has 1 saturated heterocycles. The van der Waals surface area contributed by atoms with Gasteiger partial charge in [0.25, 0.3) is 0 Å². The first-order valence-electron chi connectivity index (χ1n) is 12.7. The number of aliphatic hydroxyl groups excluding tert-OH is 1. The summed E-state index contributed by atoms with van der Waals surface area (Å²) in [6, 6.07) is 10.7. The van der Waals surface area contributed by atoms with E-state index in [9.17, 15) is 5.11 Å².